The molecule has 0 radical (unpaired) electrons. The van der Waals surface area contributed by atoms with E-state index in [1.807, 2.05) is 0 Å². The normalized spacial score (nSPS) is 10.9. The van der Waals surface area contributed by atoms with Crippen LogP contribution in [0.4, 0.5) is 5.69 Å². The molecule has 6 heteroatoms. The number of hydrogen-bond donors (Lipinski definition) is 2. The molecule has 5 nitrogen and oxygen atoms in total. The Balaban J connectivity index is 2.24. The van der Waals surface area contributed by atoms with Crippen LogP contribution in [0.2, 0.25) is 0 Å². The molecule has 0 spiro atoms. The number of carboxylic acid groups (broad SMARTS) is 1. The van der Waals surface area contributed by atoms with Crippen molar-refractivity contribution in [3.63, 3.8) is 0 Å². The first kappa shape index (κ1) is 15.8. The number of carboxylic acids is 1. The summed E-state index contributed by atoms with van der Waals surface area (Å²) in [6.07, 6.45) is 1.46. The summed E-state index contributed by atoms with van der Waals surface area (Å²) in [6, 6.07) is 12.6. The average Bonchev–Trinajstić information content (AvgIpc) is 2.46. The van der Waals surface area contributed by atoms with Crippen molar-refractivity contribution in [2.45, 2.75) is 11.3 Å². The van der Waals surface area contributed by atoms with Gasteiger partial charge < -0.3 is 5.11 Å². The molecule has 2 rings (SSSR count). The maximum Gasteiger partial charge on any atom is 0.307 e. The zero-order valence-corrected chi connectivity index (χ0v) is 12.5. The summed E-state index contributed by atoms with van der Waals surface area (Å²) in [5, 5.41) is 8.77. The van der Waals surface area contributed by atoms with Crippen LogP contribution in [0.25, 0.3) is 6.08 Å². The van der Waals surface area contributed by atoms with Gasteiger partial charge in [-0.15, -0.1) is 0 Å². The summed E-state index contributed by atoms with van der Waals surface area (Å²) in [5.41, 5.74) is 1.67. The second-order valence-electron chi connectivity index (χ2n) is 4.65. The predicted octanol–water partition coefficient (Wildman–Crippen LogP) is 2.76. The molecule has 0 heterocycles. The lowest BCUT2D eigenvalue weighted by molar-refractivity contribution is -0.136. The number of rotatable bonds is 6. The highest BCUT2D eigenvalue weighted by molar-refractivity contribution is 7.92. The molecule has 0 fully saturated rings. The molecule has 0 aliphatic carbocycles. The Morgan fingerprint density at radius 3 is 2.45 bits per heavy atom. The van der Waals surface area contributed by atoms with Crippen LogP contribution in [0.5, 0.6) is 0 Å². The van der Waals surface area contributed by atoms with Gasteiger partial charge in [-0.05, 0) is 35.4 Å². The molecule has 0 saturated heterocycles. The van der Waals surface area contributed by atoms with Crippen molar-refractivity contribution in [2.75, 3.05) is 4.72 Å². The lowest BCUT2D eigenvalue weighted by atomic mass is 10.1. The summed E-state index contributed by atoms with van der Waals surface area (Å²) in [5.74, 6) is -0.972. The van der Waals surface area contributed by atoms with Crippen molar-refractivity contribution < 1.29 is 18.3 Å². The maximum atomic E-state index is 12.3. The van der Waals surface area contributed by atoms with Crippen LogP contribution < -0.4 is 4.72 Å². The molecule has 0 amide bonds. The minimum atomic E-state index is -3.72. The lowest BCUT2D eigenvalue weighted by Crippen LogP contribution is -2.13. The quantitative estimate of drug-likeness (QED) is 0.858. The summed E-state index contributed by atoms with van der Waals surface area (Å²) in [6.45, 7) is 3.61. The largest absolute Gasteiger partial charge is 0.481 e. The molecule has 2 aromatic carbocycles. The van der Waals surface area contributed by atoms with E-state index in [0.717, 1.165) is 5.56 Å². The smallest absolute Gasteiger partial charge is 0.307 e. The summed E-state index contributed by atoms with van der Waals surface area (Å²) in [7, 11) is -3.72. The van der Waals surface area contributed by atoms with Crippen LogP contribution in [0.3, 0.4) is 0 Å². The zero-order chi connectivity index (χ0) is 16.2. The number of sulfonamides is 1. The number of carbonyl (C=O) groups is 1. The van der Waals surface area contributed by atoms with E-state index in [9.17, 15) is 13.2 Å². The number of anilines is 1. The Morgan fingerprint density at radius 1 is 1.18 bits per heavy atom. The van der Waals surface area contributed by atoms with E-state index in [2.05, 4.69) is 11.3 Å². The SMILES string of the molecule is C=Cc1ccc(S(=O)(=O)Nc2cccc(CC(=O)O)c2)cc1. The van der Waals surface area contributed by atoms with Gasteiger partial charge in [0, 0.05) is 5.69 Å². The Morgan fingerprint density at radius 2 is 1.86 bits per heavy atom. The molecule has 0 aliphatic rings. The van der Waals surface area contributed by atoms with Crippen molar-refractivity contribution in [3.05, 3.63) is 66.2 Å². The van der Waals surface area contributed by atoms with Gasteiger partial charge in [-0.2, -0.15) is 0 Å². The van der Waals surface area contributed by atoms with E-state index in [4.69, 9.17) is 5.11 Å². The van der Waals surface area contributed by atoms with Crippen molar-refractivity contribution in [3.8, 4) is 0 Å². The van der Waals surface area contributed by atoms with Gasteiger partial charge in [0.15, 0.2) is 0 Å². The van der Waals surface area contributed by atoms with E-state index in [1.165, 1.54) is 18.2 Å². The number of nitrogens with one attached hydrogen (secondary N) is 1. The monoisotopic (exact) mass is 317 g/mol. The van der Waals surface area contributed by atoms with Crippen LogP contribution in [-0.2, 0) is 21.2 Å². The van der Waals surface area contributed by atoms with Crippen molar-refractivity contribution in [2.24, 2.45) is 0 Å². The summed E-state index contributed by atoms with van der Waals surface area (Å²) < 4.78 is 27.0. The molecular weight excluding hydrogens is 302 g/mol. The van der Waals surface area contributed by atoms with Crippen LogP contribution >= 0.6 is 0 Å². The molecule has 0 aliphatic heterocycles. The minimum Gasteiger partial charge on any atom is -0.481 e. The fourth-order valence-electron chi connectivity index (χ4n) is 1.92. The summed E-state index contributed by atoms with van der Waals surface area (Å²) >= 11 is 0. The van der Waals surface area contributed by atoms with Gasteiger partial charge in [0.05, 0.1) is 11.3 Å². The molecule has 0 atom stereocenters. The molecule has 0 bridgehead atoms. The highest BCUT2D eigenvalue weighted by atomic mass is 32.2. The number of benzene rings is 2. The van der Waals surface area contributed by atoms with E-state index >= 15 is 0 Å². The fourth-order valence-corrected chi connectivity index (χ4v) is 2.97. The molecule has 0 saturated carbocycles. The van der Waals surface area contributed by atoms with Gasteiger partial charge in [-0.25, -0.2) is 8.42 Å². The topological polar surface area (TPSA) is 83.5 Å². The summed E-state index contributed by atoms with van der Waals surface area (Å²) in [4.78, 5) is 10.8. The average molecular weight is 317 g/mol. The Kier molecular flexibility index (Phi) is 4.62. The third-order valence-corrected chi connectivity index (χ3v) is 4.36. The van der Waals surface area contributed by atoms with Crippen LogP contribution in [-0.4, -0.2) is 19.5 Å². The van der Waals surface area contributed by atoms with Crippen LogP contribution in [0, 0.1) is 0 Å². The van der Waals surface area contributed by atoms with Gasteiger partial charge in [0.2, 0.25) is 0 Å². The predicted molar refractivity (Wildman–Crippen MR) is 85.1 cm³/mol. The highest BCUT2D eigenvalue weighted by Gasteiger charge is 2.14. The maximum absolute atomic E-state index is 12.3. The zero-order valence-electron chi connectivity index (χ0n) is 11.7. The Bertz CT molecular complexity index is 795. The minimum absolute atomic E-state index is 0.127. The van der Waals surface area contributed by atoms with Gasteiger partial charge in [0.25, 0.3) is 10.0 Å². The first-order valence-corrected chi connectivity index (χ1v) is 7.95. The van der Waals surface area contributed by atoms with Crippen LogP contribution in [0.1, 0.15) is 11.1 Å². The van der Waals surface area contributed by atoms with Crippen molar-refractivity contribution in [1.82, 2.24) is 0 Å². The molecule has 2 aromatic rings. The fraction of sp³-hybridized carbons (Fsp3) is 0.0625. The number of aliphatic carboxylic acids is 1. The Hall–Kier alpha value is -2.60. The lowest BCUT2D eigenvalue weighted by Gasteiger charge is -2.09. The van der Waals surface area contributed by atoms with Gasteiger partial charge >= 0.3 is 5.97 Å². The molecule has 0 unspecified atom stereocenters. The van der Waals surface area contributed by atoms with E-state index in [-0.39, 0.29) is 11.3 Å². The third kappa shape index (κ3) is 3.95. The van der Waals surface area contributed by atoms with Gasteiger partial charge in [-0.1, -0.05) is 36.9 Å². The van der Waals surface area contributed by atoms with E-state index in [0.29, 0.717) is 11.3 Å². The standard InChI is InChI=1S/C16H15NO4S/c1-2-12-6-8-15(9-7-12)22(20,21)17-14-5-3-4-13(10-14)11-16(18)19/h2-10,17H,1,11H2,(H,18,19). The van der Waals surface area contributed by atoms with Gasteiger partial charge in [-0.3, -0.25) is 9.52 Å². The van der Waals surface area contributed by atoms with Crippen molar-refractivity contribution >= 4 is 27.8 Å². The molecule has 0 aromatic heterocycles. The molecule has 22 heavy (non-hydrogen) atoms. The third-order valence-electron chi connectivity index (χ3n) is 2.96. The second kappa shape index (κ2) is 6.44. The van der Waals surface area contributed by atoms with E-state index in [1.54, 1.807) is 36.4 Å². The second-order valence-corrected chi connectivity index (χ2v) is 6.33. The Labute approximate surface area is 129 Å². The van der Waals surface area contributed by atoms with E-state index < -0.39 is 16.0 Å². The molecule has 2 N–H and O–H groups in total. The first-order chi connectivity index (χ1) is 10.4. The highest BCUT2D eigenvalue weighted by Crippen LogP contribution is 2.18. The first-order valence-electron chi connectivity index (χ1n) is 6.47. The number of hydrogen-bond acceptors (Lipinski definition) is 3. The van der Waals surface area contributed by atoms with Gasteiger partial charge in [0.1, 0.15) is 0 Å². The van der Waals surface area contributed by atoms with Crippen LogP contribution in [0.15, 0.2) is 60.0 Å². The van der Waals surface area contributed by atoms with Crippen molar-refractivity contribution in [1.29, 1.82) is 0 Å². The molecular formula is C16H15NO4S. The molecule has 114 valence electrons.